The molecule has 0 unspecified atom stereocenters. The Bertz CT molecular complexity index is 620. The van der Waals surface area contributed by atoms with Gasteiger partial charge >= 0.3 is 0 Å². The van der Waals surface area contributed by atoms with E-state index in [1.807, 2.05) is 48.7 Å². The van der Waals surface area contributed by atoms with Crippen LogP contribution in [-0.2, 0) is 16.0 Å². The minimum Gasteiger partial charge on any atom is -0.550 e. The number of aliphatic carboxylic acids is 1. The maximum absolute atomic E-state index is 12.1. The number of nitrogens with one attached hydrogen (secondary N) is 1. The first-order chi connectivity index (χ1) is 10.5. The molecule has 2 rings (SSSR count). The van der Waals surface area contributed by atoms with Gasteiger partial charge in [0.05, 0.1) is 6.04 Å². The molecule has 1 aromatic carbocycles. The van der Waals surface area contributed by atoms with Crippen molar-refractivity contribution in [3.8, 4) is 0 Å². The van der Waals surface area contributed by atoms with Gasteiger partial charge in [-0.05, 0) is 30.4 Å². The summed E-state index contributed by atoms with van der Waals surface area (Å²) in [5, 5.41) is 15.7. The van der Waals surface area contributed by atoms with Crippen LogP contribution in [0.5, 0.6) is 0 Å². The Morgan fingerprint density at radius 2 is 1.95 bits per heavy atom. The molecule has 1 amide bonds. The lowest BCUT2D eigenvalue weighted by atomic mass is 10.0. The number of carbonyl (C=O) groups is 2. The molecule has 1 atom stereocenters. The van der Waals surface area contributed by atoms with Gasteiger partial charge in [0.2, 0.25) is 5.91 Å². The van der Waals surface area contributed by atoms with E-state index in [0.717, 1.165) is 16.0 Å². The Morgan fingerprint density at radius 1 is 1.23 bits per heavy atom. The SMILES string of the molecule is Cc1ccc([C@@H](CC(=O)[O-])NC(=O)CCc2cccs2)cc1. The first-order valence-corrected chi connectivity index (χ1v) is 8.00. The van der Waals surface area contributed by atoms with Gasteiger partial charge in [-0.15, -0.1) is 11.3 Å². The number of carbonyl (C=O) groups excluding carboxylic acids is 2. The summed E-state index contributed by atoms with van der Waals surface area (Å²) >= 11 is 1.61. The van der Waals surface area contributed by atoms with Crippen LogP contribution in [0.4, 0.5) is 0 Å². The van der Waals surface area contributed by atoms with Crippen LogP contribution in [0.1, 0.15) is 34.9 Å². The third kappa shape index (κ3) is 5.00. The van der Waals surface area contributed by atoms with Gasteiger partial charge in [0.25, 0.3) is 0 Å². The van der Waals surface area contributed by atoms with E-state index in [2.05, 4.69) is 5.32 Å². The average Bonchev–Trinajstić information content (AvgIpc) is 2.98. The van der Waals surface area contributed by atoms with E-state index in [1.54, 1.807) is 11.3 Å². The minimum absolute atomic E-state index is 0.153. The van der Waals surface area contributed by atoms with Gasteiger partial charge in [-0.2, -0.15) is 0 Å². The summed E-state index contributed by atoms with van der Waals surface area (Å²) in [6.07, 6.45) is 0.777. The van der Waals surface area contributed by atoms with Gasteiger partial charge in [-0.3, -0.25) is 4.79 Å². The fourth-order valence-corrected chi connectivity index (χ4v) is 2.88. The summed E-state index contributed by atoms with van der Waals surface area (Å²) in [5.74, 6) is -1.33. The number of hydrogen-bond donors (Lipinski definition) is 1. The third-order valence-corrected chi connectivity index (χ3v) is 4.30. The van der Waals surface area contributed by atoms with Gasteiger partial charge in [0, 0.05) is 23.7 Å². The highest BCUT2D eigenvalue weighted by molar-refractivity contribution is 7.09. The highest BCUT2D eigenvalue weighted by atomic mass is 32.1. The van der Waals surface area contributed by atoms with Crippen LogP contribution in [0.15, 0.2) is 41.8 Å². The second-order valence-corrected chi connectivity index (χ2v) is 6.22. The molecule has 0 saturated heterocycles. The molecule has 1 N–H and O–H groups in total. The van der Waals surface area contributed by atoms with Crippen LogP contribution in [-0.4, -0.2) is 11.9 Å². The molecule has 0 aliphatic rings. The van der Waals surface area contributed by atoms with Crippen molar-refractivity contribution >= 4 is 23.2 Å². The summed E-state index contributed by atoms with van der Waals surface area (Å²) in [6.45, 7) is 1.96. The second kappa shape index (κ2) is 7.75. The first kappa shape index (κ1) is 16.2. The van der Waals surface area contributed by atoms with Crippen LogP contribution in [0, 0.1) is 6.92 Å². The molecule has 2 aromatic rings. The monoisotopic (exact) mass is 316 g/mol. The Kier molecular flexibility index (Phi) is 5.72. The molecule has 0 spiro atoms. The van der Waals surface area contributed by atoms with Crippen LogP contribution in [0.3, 0.4) is 0 Å². The molecule has 4 nitrogen and oxygen atoms in total. The lowest BCUT2D eigenvalue weighted by molar-refractivity contribution is -0.306. The van der Waals surface area contributed by atoms with E-state index in [1.165, 1.54) is 0 Å². The molecule has 22 heavy (non-hydrogen) atoms. The fourth-order valence-electron chi connectivity index (χ4n) is 2.18. The van der Waals surface area contributed by atoms with Crippen molar-refractivity contribution in [3.05, 3.63) is 57.8 Å². The molecule has 0 fully saturated rings. The third-order valence-electron chi connectivity index (χ3n) is 3.36. The first-order valence-electron chi connectivity index (χ1n) is 7.13. The van der Waals surface area contributed by atoms with E-state index in [4.69, 9.17) is 0 Å². The molecule has 116 valence electrons. The molecular formula is C17H18NO3S-. The zero-order chi connectivity index (χ0) is 15.9. The number of thiophene rings is 1. The van der Waals surface area contributed by atoms with Crippen molar-refractivity contribution in [1.29, 1.82) is 0 Å². The second-order valence-electron chi connectivity index (χ2n) is 5.19. The van der Waals surface area contributed by atoms with Crippen molar-refractivity contribution in [1.82, 2.24) is 5.32 Å². The van der Waals surface area contributed by atoms with Crippen molar-refractivity contribution in [2.24, 2.45) is 0 Å². The Balaban J connectivity index is 1.98. The standard InChI is InChI=1S/C17H19NO3S/c1-12-4-6-13(7-5-12)15(11-17(20)21)18-16(19)9-8-14-3-2-10-22-14/h2-7,10,15H,8-9,11H2,1H3,(H,18,19)(H,20,21)/p-1/t15-/m1/s1. The van der Waals surface area contributed by atoms with Crippen molar-refractivity contribution in [2.75, 3.05) is 0 Å². The fraction of sp³-hybridized carbons (Fsp3) is 0.294. The van der Waals surface area contributed by atoms with Crippen molar-refractivity contribution in [3.63, 3.8) is 0 Å². The highest BCUT2D eigenvalue weighted by Gasteiger charge is 2.15. The van der Waals surface area contributed by atoms with E-state index in [9.17, 15) is 14.7 Å². The number of aryl methyl sites for hydroxylation is 2. The molecule has 1 heterocycles. The van der Waals surface area contributed by atoms with E-state index < -0.39 is 12.0 Å². The zero-order valence-corrected chi connectivity index (χ0v) is 13.2. The van der Waals surface area contributed by atoms with Crippen LogP contribution in [0.25, 0.3) is 0 Å². The maximum Gasteiger partial charge on any atom is 0.220 e. The lowest BCUT2D eigenvalue weighted by Gasteiger charge is -2.20. The lowest BCUT2D eigenvalue weighted by Crippen LogP contribution is -2.34. The molecule has 0 saturated carbocycles. The molecule has 0 radical (unpaired) electrons. The number of benzene rings is 1. The smallest absolute Gasteiger partial charge is 0.220 e. The van der Waals surface area contributed by atoms with Crippen LogP contribution < -0.4 is 10.4 Å². The van der Waals surface area contributed by atoms with E-state index >= 15 is 0 Å². The van der Waals surface area contributed by atoms with Gasteiger partial charge in [-0.1, -0.05) is 35.9 Å². The van der Waals surface area contributed by atoms with Crippen molar-refractivity contribution in [2.45, 2.75) is 32.2 Å². The van der Waals surface area contributed by atoms with Gasteiger partial charge < -0.3 is 15.2 Å². The normalized spacial score (nSPS) is 11.9. The Hall–Kier alpha value is -2.14. The quantitative estimate of drug-likeness (QED) is 0.849. The molecule has 1 aromatic heterocycles. The topological polar surface area (TPSA) is 69.2 Å². The number of hydrogen-bond acceptors (Lipinski definition) is 4. The average molecular weight is 316 g/mol. The summed E-state index contributed by atoms with van der Waals surface area (Å²) in [5.41, 5.74) is 1.86. The number of amides is 1. The number of rotatable bonds is 7. The van der Waals surface area contributed by atoms with Gasteiger partial charge in [-0.25, -0.2) is 0 Å². The zero-order valence-electron chi connectivity index (χ0n) is 12.4. The number of carboxylic acids is 1. The maximum atomic E-state index is 12.1. The Labute approximate surface area is 133 Å². The summed E-state index contributed by atoms with van der Waals surface area (Å²) in [4.78, 5) is 24.1. The summed E-state index contributed by atoms with van der Waals surface area (Å²) in [7, 11) is 0. The molecule has 0 bridgehead atoms. The summed E-state index contributed by atoms with van der Waals surface area (Å²) in [6, 6.07) is 10.8. The van der Waals surface area contributed by atoms with E-state index in [-0.39, 0.29) is 12.3 Å². The molecular weight excluding hydrogens is 298 g/mol. The van der Waals surface area contributed by atoms with Crippen LogP contribution in [0.2, 0.25) is 0 Å². The number of carboxylic acid groups (broad SMARTS) is 1. The predicted octanol–water partition coefficient (Wildman–Crippen LogP) is 1.99. The summed E-state index contributed by atoms with van der Waals surface area (Å²) < 4.78 is 0. The van der Waals surface area contributed by atoms with Crippen molar-refractivity contribution < 1.29 is 14.7 Å². The molecule has 0 aliphatic heterocycles. The molecule has 5 heteroatoms. The van der Waals surface area contributed by atoms with Gasteiger partial charge in [0.15, 0.2) is 0 Å². The largest absolute Gasteiger partial charge is 0.550 e. The predicted molar refractivity (Wildman–Crippen MR) is 84.3 cm³/mol. The highest BCUT2D eigenvalue weighted by Crippen LogP contribution is 2.18. The Morgan fingerprint density at radius 3 is 2.55 bits per heavy atom. The minimum atomic E-state index is -1.18. The molecule has 0 aliphatic carbocycles. The van der Waals surface area contributed by atoms with Gasteiger partial charge in [0.1, 0.15) is 0 Å². The van der Waals surface area contributed by atoms with Crippen LogP contribution >= 0.6 is 11.3 Å². The van der Waals surface area contributed by atoms with E-state index in [0.29, 0.717) is 12.8 Å².